The lowest BCUT2D eigenvalue weighted by molar-refractivity contribution is 0.0630. The van der Waals surface area contributed by atoms with Gasteiger partial charge in [-0.05, 0) is 26.8 Å². The number of ether oxygens (including phenoxy) is 1. The van der Waals surface area contributed by atoms with Crippen molar-refractivity contribution in [1.29, 1.82) is 0 Å². The van der Waals surface area contributed by atoms with Crippen molar-refractivity contribution in [3.63, 3.8) is 0 Å². The molecule has 0 unspecified atom stereocenters. The van der Waals surface area contributed by atoms with E-state index in [1.165, 1.54) is 0 Å². The highest BCUT2D eigenvalue weighted by atomic mass is 16.5. The van der Waals surface area contributed by atoms with Gasteiger partial charge in [-0.1, -0.05) is 0 Å². The van der Waals surface area contributed by atoms with Gasteiger partial charge < -0.3 is 18.6 Å². The van der Waals surface area contributed by atoms with Crippen molar-refractivity contribution < 1.29 is 13.9 Å². The molecule has 6 nitrogen and oxygen atoms in total. The molecule has 0 spiro atoms. The van der Waals surface area contributed by atoms with E-state index in [-0.39, 0.29) is 11.9 Å². The number of hydrogen-bond acceptors (Lipinski definition) is 4. The van der Waals surface area contributed by atoms with Gasteiger partial charge in [0.1, 0.15) is 17.3 Å². The lowest BCUT2D eigenvalue weighted by atomic mass is 10.1. The number of aromatic nitrogens is 2. The van der Waals surface area contributed by atoms with Crippen LogP contribution < -0.4 is 0 Å². The number of hydrogen-bond donors (Lipinski definition) is 0. The minimum Gasteiger partial charge on any atom is -0.466 e. The number of rotatable bonds is 3. The fraction of sp³-hybridized carbons (Fsp3) is 0.500. The number of methoxy groups -OCH3 is 1. The number of aryl methyl sites for hydroxylation is 2. The third kappa shape index (κ3) is 2.33. The SMILES string of the molecule is COCc1cnc2n1CCN(C(=O)c1cc(C)oc1C)[C@H]2C. The largest absolute Gasteiger partial charge is 0.466 e. The second-order valence-corrected chi connectivity index (χ2v) is 5.69. The summed E-state index contributed by atoms with van der Waals surface area (Å²) < 4.78 is 12.8. The Hall–Kier alpha value is -2.08. The molecule has 1 amide bonds. The smallest absolute Gasteiger partial charge is 0.258 e. The molecule has 22 heavy (non-hydrogen) atoms. The zero-order valence-electron chi connectivity index (χ0n) is 13.4. The van der Waals surface area contributed by atoms with Crippen molar-refractivity contribution in [2.24, 2.45) is 0 Å². The molecule has 1 aliphatic rings. The first-order chi connectivity index (χ1) is 10.5. The molecule has 0 aliphatic carbocycles. The molecule has 0 bridgehead atoms. The third-order valence-electron chi connectivity index (χ3n) is 4.20. The molecule has 0 fully saturated rings. The lowest BCUT2D eigenvalue weighted by Crippen LogP contribution is -2.41. The van der Waals surface area contributed by atoms with E-state index in [0.717, 1.165) is 23.8 Å². The molecule has 1 aliphatic heterocycles. The van der Waals surface area contributed by atoms with Crippen LogP contribution in [0.3, 0.4) is 0 Å². The van der Waals surface area contributed by atoms with E-state index in [9.17, 15) is 4.79 Å². The average Bonchev–Trinajstić information content (AvgIpc) is 3.03. The van der Waals surface area contributed by atoms with E-state index in [1.807, 2.05) is 37.9 Å². The van der Waals surface area contributed by atoms with Crippen LogP contribution in [0.25, 0.3) is 0 Å². The van der Waals surface area contributed by atoms with Crippen LogP contribution in [0, 0.1) is 13.8 Å². The van der Waals surface area contributed by atoms with Crippen LogP contribution >= 0.6 is 0 Å². The van der Waals surface area contributed by atoms with Crippen molar-refractivity contribution in [2.75, 3.05) is 13.7 Å². The number of fused-ring (bicyclic) bond motifs is 1. The first-order valence-corrected chi connectivity index (χ1v) is 7.44. The van der Waals surface area contributed by atoms with Crippen LogP contribution in [0.1, 0.15) is 46.4 Å². The van der Waals surface area contributed by atoms with Gasteiger partial charge in [-0.3, -0.25) is 4.79 Å². The van der Waals surface area contributed by atoms with Gasteiger partial charge in [-0.25, -0.2) is 4.98 Å². The molecule has 2 aromatic heterocycles. The van der Waals surface area contributed by atoms with Crippen molar-refractivity contribution in [3.8, 4) is 0 Å². The number of carbonyl (C=O) groups is 1. The van der Waals surface area contributed by atoms with E-state index in [0.29, 0.717) is 24.5 Å². The third-order valence-corrected chi connectivity index (χ3v) is 4.20. The molecule has 0 saturated carbocycles. The van der Waals surface area contributed by atoms with Gasteiger partial charge in [-0.2, -0.15) is 0 Å². The Kier molecular flexibility index (Phi) is 3.78. The van der Waals surface area contributed by atoms with Crippen LogP contribution in [0.15, 0.2) is 16.7 Å². The van der Waals surface area contributed by atoms with Gasteiger partial charge >= 0.3 is 0 Å². The van der Waals surface area contributed by atoms with Gasteiger partial charge in [-0.15, -0.1) is 0 Å². The summed E-state index contributed by atoms with van der Waals surface area (Å²) in [4.78, 5) is 19.1. The molecule has 0 aromatic carbocycles. The van der Waals surface area contributed by atoms with Gasteiger partial charge in [0, 0.05) is 20.2 Å². The summed E-state index contributed by atoms with van der Waals surface area (Å²) in [5.74, 6) is 2.34. The van der Waals surface area contributed by atoms with E-state index in [1.54, 1.807) is 7.11 Å². The highest BCUT2D eigenvalue weighted by Gasteiger charge is 2.32. The van der Waals surface area contributed by atoms with Gasteiger partial charge in [0.2, 0.25) is 0 Å². The van der Waals surface area contributed by atoms with E-state index < -0.39 is 0 Å². The standard InChI is InChI=1S/C16H21N3O3/c1-10-7-14(12(3)22-10)16(20)18-5-6-19-13(9-21-4)8-17-15(19)11(18)2/h7-8,11H,5-6,9H2,1-4H3/t11-/m0/s1. The van der Waals surface area contributed by atoms with E-state index in [2.05, 4.69) is 9.55 Å². The fourth-order valence-corrected chi connectivity index (χ4v) is 3.10. The monoisotopic (exact) mass is 303 g/mol. The first kappa shape index (κ1) is 14.8. The number of imidazole rings is 1. The summed E-state index contributed by atoms with van der Waals surface area (Å²) in [5, 5.41) is 0. The molecular weight excluding hydrogens is 282 g/mol. The number of carbonyl (C=O) groups excluding carboxylic acids is 1. The zero-order chi connectivity index (χ0) is 15.9. The molecule has 0 radical (unpaired) electrons. The predicted molar refractivity (Wildman–Crippen MR) is 80.6 cm³/mol. The van der Waals surface area contributed by atoms with Crippen LogP contribution in [0.5, 0.6) is 0 Å². The minimum absolute atomic E-state index is 0.00407. The number of furan rings is 1. The van der Waals surface area contributed by atoms with Crippen LogP contribution in [-0.2, 0) is 17.9 Å². The van der Waals surface area contributed by atoms with Gasteiger partial charge in [0.25, 0.3) is 5.91 Å². The summed E-state index contributed by atoms with van der Waals surface area (Å²) in [6.07, 6.45) is 1.83. The number of amides is 1. The highest BCUT2D eigenvalue weighted by Crippen LogP contribution is 2.28. The molecule has 118 valence electrons. The Morgan fingerprint density at radius 2 is 2.23 bits per heavy atom. The summed E-state index contributed by atoms with van der Waals surface area (Å²) in [6, 6.07) is 1.74. The lowest BCUT2D eigenvalue weighted by Gasteiger charge is -2.34. The quantitative estimate of drug-likeness (QED) is 0.874. The fourth-order valence-electron chi connectivity index (χ4n) is 3.10. The summed E-state index contributed by atoms with van der Waals surface area (Å²) in [7, 11) is 1.67. The van der Waals surface area contributed by atoms with Crippen LogP contribution in [0.2, 0.25) is 0 Å². The topological polar surface area (TPSA) is 60.5 Å². The molecule has 0 N–H and O–H groups in total. The van der Waals surface area contributed by atoms with Gasteiger partial charge in [0.15, 0.2) is 0 Å². The summed E-state index contributed by atoms with van der Waals surface area (Å²) in [6.45, 7) is 7.62. The van der Waals surface area contributed by atoms with Crippen LogP contribution in [0.4, 0.5) is 0 Å². The van der Waals surface area contributed by atoms with Crippen molar-refractivity contribution in [2.45, 2.75) is 40.0 Å². The van der Waals surface area contributed by atoms with Crippen molar-refractivity contribution >= 4 is 5.91 Å². The zero-order valence-corrected chi connectivity index (χ0v) is 13.4. The molecule has 1 atom stereocenters. The van der Waals surface area contributed by atoms with E-state index in [4.69, 9.17) is 9.15 Å². The summed E-state index contributed by atoms with van der Waals surface area (Å²) >= 11 is 0. The molecule has 3 rings (SSSR count). The Morgan fingerprint density at radius 1 is 1.45 bits per heavy atom. The Morgan fingerprint density at radius 3 is 2.86 bits per heavy atom. The predicted octanol–water partition coefficient (Wildman–Crippen LogP) is 2.46. The van der Waals surface area contributed by atoms with E-state index >= 15 is 0 Å². The first-order valence-electron chi connectivity index (χ1n) is 7.44. The molecule has 2 aromatic rings. The maximum atomic E-state index is 12.8. The Balaban J connectivity index is 1.88. The normalized spacial score (nSPS) is 17.6. The second kappa shape index (κ2) is 5.61. The average molecular weight is 303 g/mol. The van der Waals surface area contributed by atoms with Gasteiger partial charge in [0.05, 0.1) is 30.1 Å². The summed E-state index contributed by atoms with van der Waals surface area (Å²) in [5.41, 5.74) is 1.69. The Labute approximate surface area is 129 Å². The molecule has 6 heteroatoms. The minimum atomic E-state index is -0.0681. The second-order valence-electron chi connectivity index (χ2n) is 5.69. The maximum absolute atomic E-state index is 12.8. The molecule has 0 saturated heterocycles. The number of nitrogens with zero attached hydrogens (tertiary/aromatic N) is 3. The maximum Gasteiger partial charge on any atom is 0.258 e. The van der Waals surface area contributed by atoms with Crippen molar-refractivity contribution in [3.05, 3.63) is 40.9 Å². The van der Waals surface area contributed by atoms with Crippen molar-refractivity contribution in [1.82, 2.24) is 14.5 Å². The Bertz CT molecular complexity index is 702. The molecule has 3 heterocycles. The highest BCUT2D eigenvalue weighted by molar-refractivity contribution is 5.95. The molecular formula is C16H21N3O3. The van der Waals surface area contributed by atoms with Crippen LogP contribution in [-0.4, -0.2) is 34.0 Å².